The van der Waals surface area contributed by atoms with Crippen molar-refractivity contribution in [3.8, 4) is 6.07 Å². The molecule has 1 heterocycles. The molecule has 1 atom stereocenters. The van der Waals surface area contributed by atoms with E-state index in [0.717, 1.165) is 0 Å². The normalized spacial score (nSPS) is 12.8. The van der Waals surface area contributed by atoms with Gasteiger partial charge in [-0.15, -0.1) is 0 Å². The van der Waals surface area contributed by atoms with Gasteiger partial charge in [0.15, 0.2) is 0 Å². The summed E-state index contributed by atoms with van der Waals surface area (Å²) in [5, 5.41) is 21.1. The standard InChI is InChI=1S/C13H20N4O/c1-13(2,3)11(4-5-18)17-12-10(15)6-9(7-14)8-16-12/h6,8,11,18H,4-5,15H2,1-3H3,(H,16,17). The Morgan fingerprint density at radius 2 is 2.22 bits per heavy atom. The number of nitrogens with one attached hydrogen (secondary N) is 1. The Bertz CT molecular complexity index is 445. The number of pyridine rings is 1. The van der Waals surface area contributed by atoms with Gasteiger partial charge in [-0.1, -0.05) is 20.8 Å². The molecule has 98 valence electrons. The Morgan fingerprint density at radius 3 is 2.67 bits per heavy atom. The van der Waals surface area contributed by atoms with Crippen molar-refractivity contribution in [2.24, 2.45) is 5.41 Å². The fraction of sp³-hybridized carbons (Fsp3) is 0.538. The van der Waals surface area contributed by atoms with Gasteiger partial charge in [0.2, 0.25) is 0 Å². The summed E-state index contributed by atoms with van der Waals surface area (Å²) in [6.45, 7) is 6.35. The zero-order chi connectivity index (χ0) is 13.8. The molecule has 0 amide bonds. The Hall–Kier alpha value is -1.80. The van der Waals surface area contributed by atoms with Crippen LogP contribution in [0.2, 0.25) is 0 Å². The zero-order valence-corrected chi connectivity index (χ0v) is 11.1. The van der Waals surface area contributed by atoms with E-state index < -0.39 is 0 Å². The van der Waals surface area contributed by atoms with Gasteiger partial charge in [0.25, 0.3) is 0 Å². The van der Waals surface area contributed by atoms with E-state index in [1.54, 1.807) is 6.07 Å². The molecule has 1 aromatic heterocycles. The highest BCUT2D eigenvalue weighted by Crippen LogP contribution is 2.27. The van der Waals surface area contributed by atoms with Gasteiger partial charge >= 0.3 is 0 Å². The van der Waals surface area contributed by atoms with Crippen LogP contribution in [-0.4, -0.2) is 22.7 Å². The Labute approximate surface area is 108 Å². The van der Waals surface area contributed by atoms with Crippen molar-refractivity contribution in [1.29, 1.82) is 5.26 Å². The number of nitrogens with zero attached hydrogens (tertiary/aromatic N) is 2. The van der Waals surface area contributed by atoms with Crippen LogP contribution in [-0.2, 0) is 0 Å². The second-order valence-corrected chi connectivity index (χ2v) is 5.35. The van der Waals surface area contributed by atoms with E-state index in [1.165, 1.54) is 6.20 Å². The fourth-order valence-corrected chi connectivity index (χ4v) is 1.68. The molecule has 5 heteroatoms. The van der Waals surface area contributed by atoms with Gasteiger partial charge in [-0.05, 0) is 17.9 Å². The monoisotopic (exact) mass is 248 g/mol. The first-order valence-corrected chi connectivity index (χ1v) is 5.91. The predicted molar refractivity (Wildman–Crippen MR) is 71.9 cm³/mol. The number of hydrogen-bond acceptors (Lipinski definition) is 5. The molecule has 0 bridgehead atoms. The minimum absolute atomic E-state index is 0.0231. The van der Waals surface area contributed by atoms with Crippen LogP contribution >= 0.6 is 0 Å². The van der Waals surface area contributed by atoms with E-state index in [9.17, 15) is 0 Å². The lowest BCUT2D eigenvalue weighted by Gasteiger charge is -2.31. The molecule has 4 N–H and O–H groups in total. The molecule has 0 aromatic carbocycles. The van der Waals surface area contributed by atoms with E-state index in [2.05, 4.69) is 31.1 Å². The molecule has 1 rings (SSSR count). The van der Waals surface area contributed by atoms with Crippen LogP contribution in [0.15, 0.2) is 12.3 Å². The van der Waals surface area contributed by atoms with Crippen LogP contribution in [0, 0.1) is 16.7 Å². The van der Waals surface area contributed by atoms with Crippen LogP contribution in [0.25, 0.3) is 0 Å². The van der Waals surface area contributed by atoms with Gasteiger partial charge in [0.05, 0.1) is 11.3 Å². The maximum Gasteiger partial charge on any atom is 0.149 e. The molecule has 0 saturated heterocycles. The van der Waals surface area contributed by atoms with Crippen molar-refractivity contribution in [2.75, 3.05) is 17.7 Å². The summed E-state index contributed by atoms with van der Waals surface area (Å²) in [6.07, 6.45) is 2.10. The van der Waals surface area contributed by atoms with Crippen LogP contribution < -0.4 is 11.1 Å². The van der Waals surface area contributed by atoms with Crippen molar-refractivity contribution in [2.45, 2.75) is 33.2 Å². The molecule has 5 nitrogen and oxygen atoms in total. The second-order valence-electron chi connectivity index (χ2n) is 5.35. The number of nitrogen functional groups attached to an aromatic ring is 1. The van der Waals surface area contributed by atoms with Gasteiger partial charge in [0, 0.05) is 18.8 Å². The average molecular weight is 248 g/mol. The third-order valence-corrected chi connectivity index (χ3v) is 2.82. The van der Waals surface area contributed by atoms with Crippen LogP contribution in [0.5, 0.6) is 0 Å². The Morgan fingerprint density at radius 1 is 1.56 bits per heavy atom. The number of aromatic nitrogens is 1. The molecule has 0 fully saturated rings. The summed E-state index contributed by atoms with van der Waals surface area (Å²) in [5.41, 5.74) is 6.71. The summed E-state index contributed by atoms with van der Waals surface area (Å²) in [4.78, 5) is 4.14. The Kier molecular flexibility index (Phi) is 4.51. The maximum absolute atomic E-state index is 9.09. The zero-order valence-electron chi connectivity index (χ0n) is 11.1. The quantitative estimate of drug-likeness (QED) is 0.754. The number of anilines is 2. The lowest BCUT2D eigenvalue weighted by molar-refractivity contribution is 0.235. The third-order valence-electron chi connectivity index (χ3n) is 2.82. The van der Waals surface area contributed by atoms with Gasteiger partial charge < -0.3 is 16.2 Å². The molecule has 0 radical (unpaired) electrons. The smallest absolute Gasteiger partial charge is 0.149 e. The maximum atomic E-state index is 9.09. The van der Waals surface area contributed by atoms with Crippen LogP contribution in [0.1, 0.15) is 32.8 Å². The number of nitrogens with two attached hydrogens (primary N) is 1. The highest BCUT2D eigenvalue weighted by molar-refractivity contribution is 5.63. The summed E-state index contributed by atoms with van der Waals surface area (Å²) < 4.78 is 0. The molecule has 0 saturated carbocycles. The van der Waals surface area contributed by atoms with Crippen LogP contribution in [0.4, 0.5) is 11.5 Å². The van der Waals surface area contributed by atoms with Gasteiger partial charge in [0.1, 0.15) is 11.9 Å². The number of rotatable bonds is 4. The predicted octanol–water partition coefficient (Wildman–Crippen LogP) is 1.74. The van der Waals surface area contributed by atoms with E-state index in [1.807, 2.05) is 6.07 Å². The molecule has 0 aliphatic heterocycles. The van der Waals surface area contributed by atoms with Crippen LogP contribution in [0.3, 0.4) is 0 Å². The number of nitriles is 1. The summed E-state index contributed by atoms with van der Waals surface area (Å²) in [6, 6.07) is 3.65. The van der Waals surface area contributed by atoms with E-state index >= 15 is 0 Å². The fourth-order valence-electron chi connectivity index (χ4n) is 1.68. The lowest BCUT2D eigenvalue weighted by Crippen LogP contribution is -2.35. The molecule has 1 aromatic rings. The summed E-state index contributed by atoms with van der Waals surface area (Å²) >= 11 is 0. The first kappa shape index (κ1) is 14.3. The first-order valence-electron chi connectivity index (χ1n) is 5.91. The molecule has 1 unspecified atom stereocenters. The molecule has 0 aliphatic rings. The minimum atomic E-state index is -0.0231. The Balaban J connectivity index is 2.91. The molecule has 0 aliphatic carbocycles. The van der Waals surface area contributed by atoms with Gasteiger partial charge in [-0.2, -0.15) is 5.26 Å². The van der Waals surface area contributed by atoms with Crippen molar-refractivity contribution in [3.63, 3.8) is 0 Å². The largest absolute Gasteiger partial charge is 0.396 e. The highest BCUT2D eigenvalue weighted by atomic mass is 16.3. The highest BCUT2D eigenvalue weighted by Gasteiger charge is 2.24. The summed E-state index contributed by atoms with van der Waals surface area (Å²) in [5.74, 6) is 0.558. The van der Waals surface area contributed by atoms with Crippen molar-refractivity contribution in [1.82, 2.24) is 4.98 Å². The van der Waals surface area contributed by atoms with E-state index in [0.29, 0.717) is 23.5 Å². The van der Waals surface area contributed by atoms with E-state index in [4.69, 9.17) is 16.1 Å². The number of hydrogen-bond donors (Lipinski definition) is 3. The van der Waals surface area contributed by atoms with Crippen molar-refractivity contribution < 1.29 is 5.11 Å². The van der Waals surface area contributed by atoms with Gasteiger partial charge in [-0.25, -0.2) is 4.98 Å². The molecular weight excluding hydrogens is 228 g/mol. The SMILES string of the molecule is CC(C)(C)C(CCO)Nc1ncc(C#N)cc1N. The third kappa shape index (κ3) is 3.60. The first-order chi connectivity index (χ1) is 8.38. The van der Waals surface area contributed by atoms with Crippen molar-refractivity contribution >= 4 is 11.5 Å². The summed E-state index contributed by atoms with van der Waals surface area (Å²) in [7, 11) is 0. The minimum Gasteiger partial charge on any atom is -0.396 e. The van der Waals surface area contributed by atoms with E-state index in [-0.39, 0.29) is 18.1 Å². The molecular formula is C13H20N4O. The van der Waals surface area contributed by atoms with Gasteiger partial charge in [-0.3, -0.25) is 0 Å². The second kappa shape index (κ2) is 5.69. The number of aliphatic hydroxyl groups excluding tert-OH is 1. The molecule has 0 spiro atoms. The topological polar surface area (TPSA) is 95.0 Å². The molecule has 18 heavy (non-hydrogen) atoms. The van der Waals surface area contributed by atoms with Crippen molar-refractivity contribution in [3.05, 3.63) is 17.8 Å². The average Bonchev–Trinajstić information content (AvgIpc) is 2.29. The number of aliphatic hydroxyl groups is 1. The lowest BCUT2D eigenvalue weighted by atomic mass is 9.85.